The van der Waals surface area contributed by atoms with Crippen molar-refractivity contribution in [2.24, 2.45) is 9.98 Å². The summed E-state index contributed by atoms with van der Waals surface area (Å²) in [5.74, 6) is -1.84. The first-order valence-electron chi connectivity index (χ1n) is 27.8. The Labute approximate surface area is 519 Å². The van der Waals surface area contributed by atoms with Gasteiger partial charge in [-0.3, -0.25) is 38.4 Å². The zero-order valence-electron chi connectivity index (χ0n) is 46.1. The van der Waals surface area contributed by atoms with Gasteiger partial charge in [0.25, 0.3) is 0 Å². The van der Waals surface area contributed by atoms with E-state index in [1.807, 2.05) is 60.7 Å². The lowest BCUT2D eigenvalue weighted by Gasteiger charge is -2.07. The van der Waals surface area contributed by atoms with Gasteiger partial charge in [-0.05, 0) is 82.9 Å². The van der Waals surface area contributed by atoms with E-state index in [2.05, 4.69) is 9.98 Å². The number of hydrogen-bond acceptors (Lipinski definition) is 18. The van der Waals surface area contributed by atoms with Gasteiger partial charge in [-0.25, -0.2) is 28.7 Å². The van der Waals surface area contributed by atoms with E-state index in [0.717, 1.165) is 33.8 Å². The van der Waals surface area contributed by atoms with Crippen molar-refractivity contribution < 1.29 is 38.2 Å². The first-order chi connectivity index (χ1) is 43.7. The minimum absolute atomic E-state index is 0.00998. The Kier molecular flexibility index (Phi) is 12.5. The highest BCUT2D eigenvalue weighted by molar-refractivity contribution is 7.30. The number of carbonyl (C=O) groups excluding carboxylic acids is 6. The average Bonchev–Trinajstić information content (AvgIpc) is 2.09. The molecule has 0 bridgehead atoms. The molecule has 0 atom stereocenters. The minimum Gasteiger partial charge on any atom is -0.444 e. The fourth-order valence-corrected chi connectivity index (χ4v) is 16.3. The summed E-state index contributed by atoms with van der Waals surface area (Å²) in [6, 6.07) is 47.5. The standard InChI is InChI=1S/C70H34N4O12S4/c75-57-39-15-7-8-16-40(39)58(76)47(57)25-37-27-49-65(87-37)66-50(73(49)69(83)85-31-33-11-3-1-4-12-33)28-38(88-66)26-48-59(77)43-21-19-35(23-45(43)60(48)78)36-20-22-44-46(24-36)64(82)56(63(44)81)72-54-30-52-68(90-54)67-51(74(52)70(84)86-32-34-13-5-2-6-14-34)29-53(89-67)71-55-61(79)41-17-9-10-18-42(41)62(55)80/h1-30H,31-32H2/b48-26+,72-56+. The third kappa shape index (κ3) is 8.59. The summed E-state index contributed by atoms with van der Waals surface area (Å²) in [5, 5.41) is 0.599. The lowest BCUT2D eigenvalue weighted by atomic mass is 9.99. The maximum atomic E-state index is 14.4. The van der Waals surface area contributed by atoms with Gasteiger partial charge in [0, 0.05) is 53.6 Å². The van der Waals surface area contributed by atoms with E-state index >= 15 is 0 Å². The average molecular weight is 1250 g/mol. The van der Waals surface area contributed by atoms with Crippen LogP contribution in [0.2, 0.25) is 0 Å². The Morgan fingerprint density at radius 3 is 1.24 bits per heavy atom. The number of rotatable bonds is 9. The maximum Gasteiger partial charge on any atom is 0.419 e. The Bertz CT molecular complexity index is 5940. The molecule has 2 aliphatic rings. The molecule has 0 radical (unpaired) electrons. The first kappa shape index (κ1) is 54.2. The van der Waals surface area contributed by atoms with Crippen molar-refractivity contribution in [1.29, 1.82) is 0 Å². The van der Waals surface area contributed by atoms with Crippen molar-refractivity contribution >= 4 is 165 Å². The highest BCUT2D eigenvalue weighted by Crippen LogP contribution is 2.46. The number of benzene rings is 6. The second-order valence-corrected chi connectivity index (χ2v) is 25.6. The van der Waals surface area contributed by atoms with Gasteiger partial charge in [0.05, 0.1) is 52.0 Å². The number of aromatic nitrogens is 2. The predicted molar refractivity (Wildman–Crippen MR) is 348 cm³/mol. The monoisotopic (exact) mass is 1250 g/mol. The smallest absolute Gasteiger partial charge is 0.419 e. The van der Waals surface area contributed by atoms with Gasteiger partial charge in [0.1, 0.15) is 23.2 Å². The normalized spacial score (nSPS) is 13.8. The number of carbonyl (C=O) groups is 6. The van der Waals surface area contributed by atoms with E-state index in [-0.39, 0.29) is 77.7 Å². The predicted octanol–water partition coefficient (Wildman–Crippen LogP) is 13.1. The van der Waals surface area contributed by atoms with Crippen molar-refractivity contribution in [2.45, 2.75) is 13.2 Å². The van der Waals surface area contributed by atoms with Crippen LogP contribution in [0.15, 0.2) is 210 Å². The number of nitrogens with zero attached hydrogens (tertiary/aromatic N) is 4. The largest absolute Gasteiger partial charge is 0.444 e. The third-order valence-electron chi connectivity index (χ3n) is 16.1. The van der Waals surface area contributed by atoms with Crippen LogP contribution in [0.3, 0.4) is 0 Å². The number of hydrogen-bond donors (Lipinski definition) is 0. The number of thiophene rings is 4. The van der Waals surface area contributed by atoms with Gasteiger partial charge >= 0.3 is 12.2 Å². The molecule has 6 aromatic heterocycles. The number of ether oxygens (including phenoxy) is 2. The van der Waals surface area contributed by atoms with Gasteiger partial charge in [0.15, 0.2) is 33.8 Å². The molecule has 16 nitrogen and oxygen atoms in total. The maximum absolute atomic E-state index is 14.4. The summed E-state index contributed by atoms with van der Waals surface area (Å²) < 4.78 is 16.8. The first-order valence-corrected chi connectivity index (χ1v) is 31.0. The van der Waals surface area contributed by atoms with E-state index < -0.39 is 57.0 Å². The van der Waals surface area contributed by atoms with Crippen LogP contribution < -0.4 is 32.4 Å². The summed E-state index contributed by atoms with van der Waals surface area (Å²) in [6.07, 6.45) is 1.61. The molecule has 20 heteroatoms. The Hall–Kier alpha value is -11.2. The fraction of sp³-hybridized carbons (Fsp3) is 0.0286. The Balaban J connectivity index is 0.721. The molecule has 14 aromatic rings. The van der Waals surface area contributed by atoms with E-state index in [0.29, 0.717) is 72.9 Å². The van der Waals surface area contributed by atoms with Crippen molar-refractivity contribution in [3.05, 3.63) is 276 Å². The zero-order valence-corrected chi connectivity index (χ0v) is 49.3. The topological polar surface area (TPSA) is 224 Å². The second kappa shape index (κ2) is 20.7. The molecule has 0 N–H and O–H groups in total. The van der Waals surface area contributed by atoms with Crippen LogP contribution in [0, 0.1) is 0 Å². The van der Waals surface area contributed by atoms with Crippen LogP contribution in [0.4, 0.5) is 19.6 Å². The van der Waals surface area contributed by atoms with Gasteiger partial charge in [-0.1, -0.05) is 121 Å². The number of ketones is 4. The molecule has 90 heavy (non-hydrogen) atoms. The molecule has 0 amide bonds. The van der Waals surface area contributed by atoms with Crippen molar-refractivity contribution in [3.63, 3.8) is 0 Å². The summed E-state index contributed by atoms with van der Waals surface area (Å²) in [6.45, 7) is -0.0745. The van der Waals surface area contributed by atoms with Crippen molar-refractivity contribution in [2.75, 3.05) is 0 Å². The van der Waals surface area contributed by atoms with E-state index in [9.17, 15) is 47.9 Å². The molecule has 430 valence electrons. The zero-order chi connectivity index (χ0) is 61.4. The molecule has 6 heterocycles. The van der Waals surface area contributed by atoms with E-state index in [1.165, 1.54) is 50.0 Å². The van der Waals surface area contributed by atoms with Crippen LogP contribution in [-0.4, -0.2) is 44.5 Å². The van der Waals surface area contributed by atoms with Crippen LogP contribution in [0.5, 0.6) is 0 Å². The summed E-state index contributed by atoms with van der Waals surface area (Å²) >= 11 is 4.80. The Morgan fingerprint density at radius 2 is 0.756 bits per heavy atom. The van der Waals surface area contributed by atoms with Crippen molar-refractivity contribution in [3.8, 4) is 11.1 Å². The highest BCUT2D eigenvalue weighted by atomic mass is 32.1. The molecule has 0 unspecified atom stereocenters. The summed E-state index contributed by atoms with van der Waals surface area (Å²) in [4.78, 5) is 149. The van der Waals surface area contributed by atoms with E-state index in [1.54, 1.807) is 103 Å². The van der Waals surface area contributed by atoms with Gasteiger partial charge in [0.2, 0.25) is 21.7 Å². The van der Waals surface area contributed by atoms with Crippen LogP contribution in [0.1, 0.15) is 62.3 Å². The number of fused-ring (bicyclic) bond motifs is 10. The molecule has 8 aromatic carbocycles. The second-order valence-electron chi connectivity index (χ2n) is 21.4. The molecular weight excluding hydrogens is 1220 g/mol. The van der Waals surface area contributed by atoms with Crippen LogP contribution >= 0.6 is 45.3 Å². The molecular formula is C70H34N4O12S4. The summed E-state index contributed by atoms with van der Waals surface area (Å²) in [7, 11) is 0. The molecule has 0 aliphatic heterocycles. The quantitative estimate of drug-likeness (QED) is 0.0972. The fourth-order valence-electron chi connectivity index (χ4n) is 11.8. The molecule has 0 saturated heterocycles. The molecule has 16 rings (SSSR count). The molecule has 0 fully saturated rings. The lowest BCUT2D eigenvalue weighted by molar-refractivity contribution is 0.0975. The number of allylic oxidation sites excluding steroid dienone is 2. The van der Waals surface area contributed by atoms with E-state index in [4.69, 9.17) is 9.47 Å². The summed E-state index contributed by atoms with van der Waals surface area (Å²) in [5.41, 5.74) is 2.76. The molecule has 0 saturated carbocycles. The minimum atomic E-state index is -0.737. The van der Waals surface area contributed by atoms with Crippen molar-refractivity contribution in [1.82, 2.24) is 9.13 Å². The third-order valence-corrected chi connectivity index (χ3v) is 20.6. The lowest BCUT2D eigenvalue weighted by Crippen LogP contribution is -2.31. The van der Waals surface area contributed by atoms with Crippen LogP contribution in [0.25, 0.3) is 85.7 Å². The van der Waals surface area contributed by atoms with Gasteiger partial charge < -0.3 is 9.47 Å². The highest BCUT2D eigenvalue weighted by Gasteiger charge is 2.36. The molecule has 2 aliphatic carbocycles. The Morgan fingerprint density at radius 1 is 0.378 bits per heavy atom. The van der Waals surface area contributed by atoms with Gasteiger partial charge in [-0.15, -0.1) is 45.3 Å². The number of Topliss-reactive ketones (excluding diaryl/α,β-unsaturated/α-hetero) is 4. The SMILES string of the molecule is O=C1C(=Cc2cc3c(s2)c2sc(/C=C4\C(=O)c5ccc(-c6ccc7c(=O)/c(=N\c8cc9c(s8)c8sc(N=c%10c(=O)c%11ccccc%11c%10=O)cc8n9C(=O)OCc8ccccc8)c(=O)c7c6)cc5C4=O)cc2n3C(=O)OCc2ccccc2)C(=O)c2ccccc21. The van der Waals surface area contributed by atoms with Crippen LogP contribution in [-0.2, 0) is 22.7 Å². The molecule has 0 spiro atoms. The van der Waals surface area contributed by atoms with Gasteiger partial charge in [-0.2, -0.15) is 0 Å².